The number of amides is 2. The maximum atomic E-state index is 12.8. The molecule has 6 nitrogen and oxygen atoms in total. The smallest absolute Gasteiger partial charge is 0.253 e. The molecule has 2 heterocycles. The number of piperidine rings is 1. The highest BCUT2D eigenvalue weighted by molar-refractivity contribution is 5.94. The molecule has 0 bridgehead atoms. The number of benzene rings is 1. The van der Waals surface area contributed by atoms with Gasteiger partial charge >= 0.3 is 0 Å². The third-order valence-corrected chi connectivity index (χ3v) is 5.66. The molecule has 2 fully saturated rings. The number of aliphatic hydroxyl groups excluding tert-OH is 1. The van der Waals surface area contributed by atoms with E-state index in [4.69, 9.17) is 0 Å². The van der Waals surface area contributed by atoms with Crippen LogP contribution in [0.4, 0.5) is 0 Å². The van der Waals surface area contributed by atoms with Crippen LogP contribution < -0.4 is 5.32 Å². The molecule has 0 radical (unpaired) electrons. The van der Waals surface area contributed by atoms with E-state index < -0.39 is 11.6 Å². The molecule has 2 saturated heterocycles. The number of carbonyl (C=O) groups is 2. The summed E-state index contributed by atoms with van der Waals surface area (Å²) in [4.78, 5) is 29.1. The van der Waals surface area contributed by atoms with Gasteiger partial charge < -0.3 is 15.3 Å². The van der Waals surface area contributed by atoms with Crippen molar-refractivity contribution in [2.75, 3.05) is 26.2 Å². The summed E-state index contributed by atoms with van der Waals surface area (Å²) in [7, 11) is 0. The van der Waals surface area contributed by atoms with E-state index in [9.17, 15) is 14.7 Å². The van der Waals surface area contributed by atoms with Gasteiger partial charge in [-0.3, -0.25) is 14.5 Å². The summed E-state index contributed by atoms with van der Waals surface area (Å²) in [6.07, 6.45) is 2.05. The van der Waals surface area contributed by atoms with Gasteiger partial charge in [-0.1, -0.05) is 18.2 Å². The Labute approximate surface area is 155 Å². The van der Waals surface area contributed by atoms with Crippen LogP contribution in [0.1, 0.15) is 43.5 Å². The van der Waals surface area contributed by atoms with Crippen molar-refractivity contribution in [3.63, 3.8) is 0 Å². The first kappa shape index (κ1) is 18.9. The molecule has 142 valence electrons. The summed E-state index contributed by atoms with van der Waals surface area (Å²) in [6, 6.07) is 8.77. The molecule has 3 rings (SSSR count). The molecule has 26 heavy (non-hydrogen) atoms. The van der Waals surface area contributed by atoms with E-state index in [-0.39, 0.29) is 24.4 Å². The van der Waals surface area contributed by atoms with Crippen molar-refractivity contribution in [3.05, 3.63) is 35.9 Å². The fourth-order valence-corrected chi connectivity index (χ4v) is 3.81. The van der Waals surface area contributed by atoms with Crippen LogP contribution in [0.5, 0.6) is 0 Å². The Bertz CT molecular complexity index is 641. The SMILES string of the molecule is CC(C)(C(=O)N[C@@H]1CCN(C(=O)c2ccccc2)C[C@H]1O)N1CCCC1. The van der Waals surface area contributed by atoms with Crippen LogP contribution in [0.15, 0.2) is 30.3 Å². The molecular weight excluding hydrogens is 330 g/mol. The fourth-order valence-electron chi connectivity index (χ4n) is 3.81. The highest BCUT2D eigenvalue weighted by Crippen LogP contribution is 2.22. The van der Waals surface area contributed by atoms with E-state index >= 15 is 0 Å². The molecule has 2 aliphatic rings. The molecule has 2 N–H and O–H groups in total. The van der Waals surface area contributed by atoms with Crippen molar-refractivity contribution >= 4 is 11.8 Å². The molecule has 0 aliphatic carbocycles. The van der Waals surface area contributed by atoms with Gasteiger partial charge in [0.2, 0.25) is 5.91 Å². The summed E-state index contributed by atoms with van der Waals surface area (Å²) in [6.45, 7) is 6.52. The molecule has 2 atom stereocenters. The first-order chi connectivity index (χ1) is 12.4. The standard InChI is InChI=1S/C20H29N3O3/c1-20(2,23-11-6-7-12-23)19(26)21-16-10-13-22(14-17(16)24)18(25)15-8-4-3-5-9-15/h3-5,8-9,16-17,24H,6-7,10-14H2,1-2H3,(H,21,26)/t16-,17-/m1/s1. The molecule has 1 aromatic rings. The second-order valence-electron chi connectivity index (χ2n) is 7.81. The van der Waals surface area contributed by atoms with Crippen LogP contribution >= 0.6 is 0 Å². The van der Waals surface area contributed by atoms with Crippen LogP contribution in [0.25, 0.3) is 0 Å². The maximum Gasteiger partial charge on any atom is 0.253 e. The van der Waals surface area contributed by atoms with Crippen LogP contribution in [-0.4, -0.2) is 70.6 Å². The van der Waals surface area contributed by atoms with E-state index in [1.165, 1.54) is 0 Å². The molecule has 0 saturated carbocycles. The average Bonchev–Trinajstić information content (AvgIpc) is 3.19. The second kappa shape index (κ2) is 7.76. The number of likely N-dealkylation sites (tertiary alicyclic amines) is 2. The molecule has 2 aliphatic heterocycles. The second-order valence-corrected chi connectivity index (χ2v) is 7.81. The molecule has 0 spiro atoms. The van der Waals surface area contributed by atoms with Gasteiger partial charge in [-0.2, -0.15) is 0 Å². The number of aliphatic hydroxyl groups is 1. The minimum atomic E-state index is -0.755. The molecule has 2 amide bonds. The third-order valence-electron chi connectivity index (χ3n) is 5.66. The number of nitrogens with zero attached hydrogens (tertiary/aromatic N) is 2. The number of nitrogens with one attached hydrogen (secondary N) is 1. The van der Waals surface area contributed by atoms with Crippen LogP contribution in [0.3, 0.4) is 0 Å². The molecule has 0 unspecified atom stereocenters. The van der Waals surface area contributed by atoms with Gasteiger partial charge in [0, 0.05) is 18.7 Å². The zero-order valence-corrected chi connectivity index (χ0v) is 15.6. The van der Waals surface area contributed by atoms with E-state index in [1.54, 1.807) is 17.0 Å². The monoisotopic (exact) mass is 359 g/mol. The highest BCUT2D eigenvalue weighted by atomic mass is 16.3. The Kier molecular flexibility index (Phi) is 5.63. The van der Waals surface area contributed by atoms with Gasteiger partial charge in [-0.05, 0) is 58.3 Å². The summed E-state index contributed by atoms with van der Waals surface area (Å²) in [5.41, 5.74) is 0.0464. The van der Waals surface area contributed by atoms with E-state index in [0.29, 0.717) is 18.5 Å². The van der Waals surface area contributed by atoms with E-state index in [0.717, 1.165) is 25.9 Å². The lowest BCUT2D eigenvalue weighted by Crippen LogP contribution is -2.61. The Morgan fingerprint density at radius 2 is 1.77 bits per heavy atom. The van der Waals surface area contributed by atoms with Crippen LogP contribution in [-0.2, 0) is 4.79 Å². The predicted molar refractivity (Wildman–Crippen MR) is 99.8 cm³/mol. The molecule has 1 aromatic carbocycles. The quantitative estimate of drug-likeness (QED) is 0.849. The van der Waals surface area contributed by atoms with Gasteiger partial charge in [0.15, 0.2) is 0 Å². The van der Waals surface area contributed by atoms with Crippen LogP contribution in [0.2, 0.25) is 0 Å². The van der Waals surface area contributed by atoms with Crippen molar-refractivity contribution in [2.45, 2.75) is 50.8 Å². The summed E-state index contributed by atoms with van der Waals surface area (Å²) in [5, 5.41) is 13.5. The zero-order chi connectivity index (χ0) is 18.7. The summed E-state index contributed by atoms with van der Waals surface area (Å²) >= 11 is 0. The Morgan fingerprint density at radius 1 is 1.12 bits per heavy atom. The number of rotatable bonds is 4. The lowest BCUT2D eigenvalue weighted by Gasteiger charge is -2.39. The normalized spacial score (nSPS) is 24.5. The number of hydrogen-bond donors (Lipinski definition) is 2. The fraction of sp³-hybridized carbons (Fsp3) is 0.600. The summed E-state index contributed by atoms with van der Waals surface area (Å²) < 4.78 is 0. The highest BCUT2D eigenvalue weighted by Gasteiger charge is 2.39. The average molecular weight is 359 g/mol. The largest absolute Gasteiger partial charge is 0.389 e. The van der Waals surface area contributed by atoms with E-state index in [2.05, 4.69) is 10.2 Å². The Hall–Kier alpha value is -1.92. The van der Waals surface area contributed by atoms with Gasteiger partial charge in [0.25, 0.3) is 5.91 Å². The molecular formula is C20H29N3O3. The lowest BCUT2D eigenvalue weighted by molar-refractivity contribution is -0.133. The molecule has 6 heteroatoms. The van der Waals surface area contributed by atoms with E-state index in [1.807, 2.05) is 32.0 Å². The predicted octanol–water partition coefficient (Wildman–Crippen LogP) is 1.25. The minimum Gasteiger partial charge on any atom is -0.389 e. The van der Waals surface area contributed by atoms with Crippen LogP contribution in [0, 0.1) is 0 Å². The maximum absolute atomic E-state index is 12.8. The molecule has 0 aromatic heterocycles. The number of β-amino-alcohol motifs (C(OH)–C–C–N with tert-alkyl or cyclic N) is 1. The van der Waals surface area contributed by atoms with Crippen molar-refractivity contribution in [1.29, 1.82) is 0 Å². The van der Waals surface area contributed by atoms with Crippen molar-refractivity contribution in [3.8, 4) is 0 Å². The zero-order valence-electron chi connectivity index (χ0n) is 15.6. The van der Waals surface area contributed by atoms with Crippen molar-refractivity contribution in [1.82, 2.24) is 15.1 Å². The third kappa shape index (κ3) is 3.91. The summed E-state index contributed by atoms with van der Waals surface area (Å²) in [5.74, 6) is -0.127. The first-order valence-corrected chi connectivity index (χ1v) is 9.48. The lowest BCUT2D eigenvalue weighted by atomic mass is 9.97. The van der Waals surface area contributed by atoms with Crippen molar-refractivity contribution in [2.24, 2.45) is 0 Å². The Balaban J connectivity index is 1.57. The van der Waals surface area contributed by atoms with Gasteiger partial charge in [0.1, 0.15) is 0 Å². The Morgan fingerprint density at radius 3 is 2.38 bits per heavy atom. The number of hydrogen-bond acceptors (Lipinski definition) is 4. The number of carbonyl (C=O) groups excluding carboxylic acids is 2. The topological polar surface area (TPSA) is 72.9 Å². The first-order valence-electron chi connectivity index (χ1n) is 9.48. The van der Waals surface area contributed by atoms with Gasteiger partial charge in [-0.25, -0.2) is 0 Å². The minimum absolute atomic E-state index is 0.0497. The van der Waals surface area contributed by atoms with Gasteiger partial charge in [-0.15, -0.1) is 0 Å². The van der Waals surface area contributed by atoms with Crippen molar-refractivity contribution < 1.29 is 14.7 Å². The van der Waals surface area contributed by atoms with Gasteiger partial charge in [0.05, 0.1) is 17.7 Å².